The Labute approximate surface area is 129 Å². The summed E-state index contributed by atoms with van der Waals surface area (Å²) in [4.78, 5) is 12.0. The number of hydrogen-bond acceptors (Lipinski definition) is 3. The molecule has 0 unspecified atom stereocenters. The summed E-state index contributed by atoms with van der Waals surface area (Å²) in [5.41, 5.74) is 2.88. The first-order chi connectivity index (χ1) is 10.7. The standard InChI is InChI=1S/C18H17N3O/c1-14(22)18(12-15-8-4-2-5-9-15)21-13-17(19-20-21)16-10-6-3-7-11-16/h2-11,13,18H,12H2,1H3/t18-/m0/s1. The van der Waals surface area contributed by atoms with E-state index in [1.54, 1.807) is 11.6 Å². The van der Waals surface area contributed by atoms with Crippen molar-refractivity contribution in [3.05, 3.63) is 72.4 Å². The number of carbonyl (C=O) groups is 1. The van der Waals surface area contributed by atoms with E-state index in [4.69, 9.17) is 0 Å². The molecule has 4 heteroatoms. The van der Waals surface area contributed by atoms with Crippen molar-refractivity contribution in [3.8, 4) is 11.3 Å². The summed E-state index contributed by atoms with van der Waals surface area (Å²) in [7, 11) is 0. The molecule has 0 aliphatic heterocycles. The summed E-state index contributed by atoms with van der Waals surface area (Å²) in [6.07, 6.45) is 2.46. The fourth-order valence-electron chi connectivity index (χ4n) is 2.43. The predicted octanol–water partition coefficient (Wildman–Crippen LogP) is 3.32. The van der Waals surface area contributed by atoms with E-state index >= 15 is 0 Å². The Morgan fingerprint density at radius 3 is 2.32 bits per heavy atom. The van der Waals surface area contributed by atoms with Gasteiger partial charge in [0.1, 0.15) is 11.7 Å². The topological polar surface area (TPSA) is 47.8 Å². The largest absolute Gasteiger partial charge is 0.298 e. The zero-order chi connectivity index (χ0) is 15.4. The highest BCUT2D eigenvalue weighted by molar-refractivity contribution is 5.80. The van der Waals surface area contributed by atoms with Crippen LogP contribution in [0.25, 0.3) is 11.3 Å². The Hall–Kier alpha value is -2.75. The van der Waals surface area contributed by atoms with E-state index in [0.29, 0.717) is 6.42 Å². The van der Waals surface area contributed by atoms with Gasteiger partial charge in [0, 0.05) is 12.0 Å². The number of rotatable bonds is 5. The Morgan fingerprint density at radius 2 is 1.68 bits per heavy atom. The van der Waals surface area contributed by atoms with E-state index in [0.717, 1.165) is 16.8 Å². The molecule has 3 rings (SSSR count). The lowest BCUT2D eigenvalue weighted by atomic mass is 10.0. The van der Waals surface area contributed by atoms with Gasteiger partial charge in [-0.2, -0.15) is 0 Å². The average molecular weight is 291 g/mol. The summed E-state index contributed by atoms with van der Waals surface area (Å²) in [6.45, 7) is 1.59. The Morgan fingerprint density at radius 1 is 1.05 bits per heavy atom. The highest BCUT2D eigenvalue weighted by Gasteiger charge is 2.19. The third-order valence-corrected chi connectivity index (χ3v) is 3.64. The van der Waals surface area contributed by atoms with Crippen molar-refractivity contribution < 1.29 is 4.79 Å². The summed E-state index contributed by atoms with van der Waals surface area (Å²) in [5.74, 6) is 0.0772. The zero-order valence-corrected chi connectivity index (χ0v) is 12.4. The predicted molar refractivity (Wildman–Crippen MR) is 85.3 cm³/mol. The number of ketones is 1. The van der Waals surface area contributed by atoms with Crippen LogP contribution in [-0.2, 0) is 11.2 Å². The van der Waals surface area contributed by atoms with Crippen LogP contribution < -0.4 is 0 Å². The van der Waals surface area contributed by atoms with Gasteiger partial charge >= 0.3 is 0 Å². The fourth-order valence-corrected chi connectivity index (χ4v) is 2.43. The van der Waals surface area contributed by atoms with Crippen LogP contribution in [0.3, 0.4) is 0 Å². The SMILES string of the molecule is CC(=O)[C@H](Cc1ccccc1)n1cc(-c2ccccc2)nn1. The van der Waals surface area contributed by atoms with Gasteiger partial charge in [-0.25, -0.2) is 4.68 Å². The van der Waals surface area contributed by atoms with Crippen LogP contribution in [0.1, 0.15) is 18.5 Å². The van der Waals surface area contributed by atoms with Crippen molar-refractivity contribution in [2.45, 2.75) is 19.4 Å². The molecule has 0 amide bonds. The van der Waals surface area contributed by atoms with Crippen LogP contribution >= 0.6 is 0 Å². The second kappa shape index (κ2) is 6.35. The van der Waals surface area contributed by atoms with Gasteiger partial charge in [0.25, 0.3) is 0 Å². The molecule has 1 atom stereocenters. The van der Waals surface area contributed by atoms with Crippen LogP contribution in [0.15, 0.2) is 66.9 Å². The van der Waals surface area contributed by atoms with Crippen LogP contribution in [0.2, 0.25) is 0 Å². The minimum Gasteiger partial charge on any atom is -0.298 e. The van der Waals surface area contributed by atoms with Crippen molar-refractivity contribution >= 4 is 5.78 Å². The molecule has 0 radical (unpaired) electrons. The number of hydrogen-bond donors (Lipinski definition) is 0. The normalized spacial score (nSPS) is 12.0. The number of aromatic nitrogens is 3. The molecule has 1 heterocycles. The van der Waals surface area contributed by atoms with E-state index in [2.05, 4.69) is 10.3 Å². The summed E-state index contributed by atoms with van der Waals surface area (Å²) >= 11 is 0. The van der Waals surface area contributed by atoms with Gasteiger partial charge in [-0.15, -0.1) is 5.10 Å². The van der Waals surface area contributed by atoms with Gasteiger partial charge in [0.2, 0.25) is 0 Å². The van der Waals surface area contributed by atoms with Gasteiger partial charge in [-0.3, -0.25) is 4.79 Å². The molecule has 0 saturated heterocycles. The molecular weight excluding hydrogens is 274 g/mol. The molecule has 0 saturated carbocycles. The molecule has 0 aliphatic carbocycles. The van der Waals surface area contributed by atoms with Crippen molar-refractivity contribution in [1.82, 2.24) is 15.0 Å². The van der Waals surface area contributed by atoms with E-state index in [-0.39, 0.29) is 11.8 Å². The minimum absolute atomic E-state index is 0.0772. The number of carbonyl (C=O) groups excluding carboxylic acids is 1. The van der Waals surface area contributed by atoms with Gasteiger partial charge in [-0.1, -0.05) is 65.9 Å². The van der Waals surface area contributed by atoms with E-state index < -0.39 is 0 Å². The lowest BCUT2D eigenvalue weighted by Gasteiger charge is -2.13. The first-order valence-electron chi connectivity index (χ1n) is 7.25. The third-order valence-electron chi connectivity index (χ3n) is 3.64. The molecule has 22 heavy (non-hydrogen) atoms. The zero-order valence-electron chi connectivity index (χ0n) is 12.4. The van der Waals surface area contributed by atoms with Crippen LogP contribution in [-0.4, -0.2) is 20.8 Å². The van der Waals surface area contributed by atoms with Crippen molar-refractivity contribution in [2.24, 2.45) is 0 Å². The fraction of sp³-hybridized carbons (Fsp3) is 0.167. The quantitative estimate of drug-likeness (QED) is 0.724. The van der Waals surface area contributed by atoms with E-state index in [9.17, 15) is 4.79 Å². The first-order valence-corrected chi connectivity index (χ1v) is 7.25. The minimum atomic E-state index is -0.327. The van der Waals surface area contributed by atoms with Crippen molar-refractivity contribution in [3.63, 3.8) is 0 Å². The summed E-state index contributed by atoms with van der Waals surface area (Å²) < 4.78 is 1.66. The van der Waals surface area contributed by atoms with Gasteiger partial charge in [-0.05, 0) is 12.5 Å². The monoisotopic (exact) mass is 291 g/mol. The van der Waals surface area contributed by atoms with Gasteiger partial charge in [0.05, 0.1) is 6.20 Å². The number of benzene rings is 2. The highest BCUT2D eigenvalue weighted by Crippen LogP contribution is 2.19. The van der Waals surface area contributed by atoms with Crippen LogP contribution in [0.5, 0.6) is 0 Å². The van der Waals surface area contributed by atoms with Gasteiger partial charge in [0.15, 0.2) is 5.78 Å². The highest BCUT2D eigenvalue weighted by atomic mass is 16.1. The van der Waals surface area contributed by atoms with E-state index in [1.807, 2.05) is 66.9 Å². The maximum atomic E-state index is 12.0. The molecule has 0 spiro atoms. The number of nitrogens with zero attached hydrogens (tertiary/aromatic N) is 3. The third kappa shape index (κ3) is 3.11. The Balaban J connectivity index is 1.87. The summed E-state index contributed by atoms with van der Waals surface area (Å²) in [5, 5.41) is 8.35. The summed E-state index contributed by atoms with van der Waals surface area (Å²) in [6, 6.07) is 19.5. The van der Waals surface area contributed by atoms with Crippen LogP contribution in [0.4, 0.5) is 0 Å². The second-order valence-electron chi connectivity index (χ2n) is 5.27. The first kappa shape index (κ1) is 14.2. The van der Waals surface area contributed by atoms with E-state index in [1.165, 1.54) is 0 Å². The molecular formula is C18H17N3O. The maximum Gasteiger partial charge on any atom is 0.154 e. The molecule has 3 aromatic rings. The number of Topliss-reactive ketones (excluding diaryl/α,β-unsaturated/α-hetero) is 1. The van der Waals surface area contributed by atoms with Crippen LogP contribution in [0, 0.1) is 0 Å². The molecule has 0 fully saturated rings. The molecule has 0 aliphatic rings. The van der Waals surface area contributed by atoms with Gasteiger partial charge < -0.3 is 0 Å². The molecule has 4 nitrogen and oxygen atoms in total. The molecule has 0 bridgehead atoms. The molecule has 1 aromatic heterocycles. The van der Waals surface area contributed by atoms with Crippen molar-refractivity contribution in [1.29, 1.82) is 0 Å². The van der Waals surface area contributed by atoms with Crippen molar-refractivity contribution in [2.75, 3.05) is 0 Å². The lowest BCUT2D eigenvalue weighted by molar-refractivity contribution is -0.120. The Bertz CT molecular complexity index is 750. The lowest BCUT2D eigenvalue weighted by Crippen LogP contribution is -2.20. The molecule has 0 N–H and O–H groups in total. The smallest absolute Gasteiger partial charge is 0.154 e. The molecule has 110 valence electrons. The maximum absolute atomic E-state index is 12.0. The second-order valence-corrected chi connectivity index (χ2v) is 5.27. The Kier molecular flexibility index (Phi) is 4.10. The molecule has 2 aromatic carbocycles. The average Bonchev–Trinajstić information content (AvgIpc) is 3.04.